The summed E-state index contributed by atoms with van der Waals surface area (Å²) in [6.07, 6.45) is 1.63. The van der Waals surface area contributed by atoms with E-state index in [0.29, 0.717) is 11.3 Å². The van der Waals surface area contributed by atoms with Crippen LogP contribution in [0.5, 0.6) is 5.75 Å². The Morgan fingerprint density at radius 3 is 2.52 bits per heavy atom. The Hall–Kier alpha value is -3.53. The van der Waals surface area contributed by atoms with Crippen LogP contribution in [0.4, 0.5) is 17.1 Å². The van der Waals surface area contributed by atoms with E-state index >= 15 is 0 Å². The maximum atomic E-state index is 13.2. The summed E-state index contributed by atoms with van der Waals surface area (Å²) in [7, 11) is 0. The van der Waals surface area contributed by atoms with Crippen molar-refractivity contribution < 1.29 is 9.90 Å². The van der Waals surface area contributed by atoms with Crippen LogP contribution in [0.3, 0.4) is 0 Å². The lowest BCUT2D eigenvalue weighted by Crippen LogP contribution is -2.21. The van der Waals surface area contributed by atoms with E-state index in [2.05, 4.69) is 17.4 Å². The molecule has 3 aromatic carbocycles. The smallest absolute Gasteiger partial charge is 0.265 e. The number of nitrogens with zero attached hydrogens (tertiary/aromatic N) is 1. The number of aromatic hydroxyl groups is 1. The molecule has 0 fully saturated rings. The van der Waals surface area contributed by atoms with E-state index < -0.39 is 0 Å². The average Bonchev–Trinajstić information content (AvgIpc) is 2.92. The van der Waals surface area contributed by atoms with Crippen LogP contribution in [0.1, 0.15) is 16.7 Å². The van der Waals surface area contributed by atoms with E-state index in [-0.39, 0.29) is 11.7 Å². The van der Waals surface area contributed by atoms with E-state index in [1.807, 2.05) is 50.2 Å². The van der Waals surface area contributed by atoms with Crippen LogP contribution in [-0.4, -0.2) is 11.0 Å². The van der Waals surface area contributed by atoms with Gasteiger partial charge >= 0.3 is 0 Å². The molecule has 1 aliphatic rings. The number of phenolic OH excluding ortho intramolecular Hbond substituents is 1. The fourth-order valence-corrected chi connectivity index (χ4v) is 3.40. The number of para-hydroxylation sites is 2. The first-order valence-corrected chi connectivity index (χ1v) is 8.73. The van der Waals surface area contributed by atoms with Gasteiger partial charge in [0.1, 0.15) is 5.75 Å². The van der Waals surface area contributed by atoms with Crippen LogP contribution in [0.2, 0.25) is 0 Å². The quantitative estimate of drug-likeness (QED) is 0.517. The van der Waals surface area contributed by atoms with Crippen molar-refractivity contribution in [3.05, 3.63) is 89.6 Å². The van der Waals surface area contributed by atoms with Crippen molar-refractivity contribution in [2.45, 2.75) is 13.8 Å². The molecule has 0 unspecified atom stereocenters. The minimum Gasteiger partial charge on any atom is -0.506 e. The first-order valence-electron chi connectivity index (χ1n) is 8.73. The third kappa shape index (κ3) is 3.06. The molecule has 1 amide bonds. The van der Waals surface area contributed by atoms with Crippen LogP contribution in [-0.2, 0) is 4.79 Å². The minimum absolute atomic E-state index is 0.0826. The summed E-state index contributed by atoms with van der Waals surface area (Å²) < 4.78 is 0. The van der Waals surface area contributed by atoms with E-state index in [4.69, 9.17) is 0 Å². The number of rotatable bonds is 3. The van der Waals surface area contributed by atoms with Crippen LogP contribution in [0, 0.1) is 19.9 Å². The molecule has 4 rings (SSSR count). The maximum absolute atomic E-state index is 13.2. The first kappa shape index (κ1) is 16.9. The third-order valence-corrected chi connectivity index (χ3v) is 4.53. The van der Waals surface area contributed by atoms with E-state index in [0.717, 1.165) is 28.1 Å². The largest absolute Gasteiger partial charge is 0.506 e. The van der Waals surface area contributed by atoms with Gasteiger partial charge in [0.25, 0.3) is 5.91 Å². The summed E-state index contributed by atoms with van der Waals surface area (Å²) in [5.41, 5.74) is 5.74. The molecule has 1 aliphatic heterocycles. The van der Waals surface area contributed by atoms with Crippen molar-refractivity contribution in [3.63, 3.8) is 0 Å². The molecule has 27 heavy (non-hydrogen) atoms. The second-order valence-electron chi connectivity index (χ2n) is 6.64. The number of benzene rings is 3. The molecule has 1 heterocycles. The fourth-order valence-electron chi connectivity index (χ4n) is 3.40. The minimum atomic E-state index is -0.107. The molecule has 0 aliphatic carbocycles. The number of phenols is 1. The molecule has 3 aromatic rings. The zero-order valence-electron chi connectivity index (χ0n) is 15.2. The number of nitrogens with one attached hydrogen (secondary N) is 1. The van der Waals surface area contributed by atoms with Gasteiger partial charge in [-0.25, -0.2) is 0 Å². The summed E-state index contributed by atoms with van der Waals surface area (Å²) in [6.45, 7) is 4.05. The van der Waals surface area contributed by atoms with Gasteiger partial charge in [0.2, 0.25) is 0 Å². The summed E-state index contributed by atoms with van der Waals surface area (Å²) in [5, 5.41) is 12.9. The molecular weight excluding hydrogens is 336 g/mol. The second kappa shape index (κ2) is 6.65. The Bertz CT molecular complexity index is 1050. The van der Waals surface area contributed by atoms with Gasteiger partial charge in [-0.2, -0.15) is 0 Å². The Morgan fingerprint density at radius 1 is 1.04 bits per heavy atom. The number of amides is 1. The SMILES string of the molecule is Cc1cc(C)cc(N2C(=O)C(=CNc3[c]cccc3O)c3ccccc32)c1. The number of hydrogen-bond acceptors (Lipinski definition) is 3. The topological polar surface area (TPSA) is 52.6 Å². The van der Waals surface area contributed by atoms with E-state index in [9.17, 15) is 9.90 Å². The van der Waals surface area contributed by atoms with Crippen LogP contribution in [0.15, 0.2) is 66.9 Å². The number of carbonyl (C=O) groups excluding carboxylic acids is 1. The fraction of sp³-hybridized carbons (Fsp3) is 0.0870. The lowest BCUT2D eigenvalue weighted by molar-refractivity contribution is -0.112. The van der Waals surface area contributed by atoms with Gasteiger partial charge < -0.3 is 10.4 Å². The highest BCUT2D eigenvalue weighted by Crippen LogP contribution is 2.41. The van der Waals surface area contributed by atoms with Crippen molar-refractivity contribution in [1.82, 2.24) is 0 Å². The monoisotopic (exact) mass is 355 g/mol. The Kier molecular flexibility index (Phi) is 4.16. The number of fused-ring (bicyclic) bond motifs is 1. The normalized spacial score (nSPS) is 14.5. The summed E-state index contributed by atoms with van der Waals surface area (Å²) in [6, 6.07) is 21.7. The van der Waals surface area contributed by atoms with Crippen molar-refractivity contribution >= 4 is 28.5 Å². The van der Waals surface area contributed by atoms with Crippen LogP contribution < -0.4 is 10.2 Å². The lowest BCUT2D eigenvalue weighted by atomic mass is 10.1. The predicted molar refractivity (Wildman–Crippen MR) is 108 cm³/mol. The second-order valence-corrected chi connectivity index (χ2v) is 6.64. The predicted octanol–water partition coefficient (Wildman–Crippen LogP) is 4.94. The zero-order valence-corrected chi connectivity index (χ0v) is 15.2. The van der Waals surface area contributed by atoms with Gasteiger partial charge in [0.15, 0.2) is 0 Å². The van der Waals surface area contributed by atoms with Gasteiger partial charge in [-0.3, -0.25) is 9.69 Å². The molecule has 0 saturated heterocycles. The van der Waals surface area contributed by atoms with E-state index in [1.165, 1.54) is 0 Å². The Labute approximate surface area is 158 Å². The Balaban J connectivity index is 1.78. The standard InChI is InChI=1S/C23H19N2O2/c1-15-11-16(2)13-17(12-15)25-21-9-5-3-7-18(21)19(23(25)27)14-24-20-8-4-6-10-22(20)26/h3-7,9-14,24,26H,1-2H3. The molecule has 0 aromatic heterocycles. The van der Waals surface area contributed by atoms with Crippen LogP contribution in [0.25, 0.3) is 5.57 Å². The number of anilines is 3. The molecule has 0 bridgehead atoms. The molecule has 0 atom stereocenters. The first-order chi connectivity index (χ1) is 13.0. The van der Waals surface area contributed by atoms with Gasteiger partial charge in [0.05, 0.1) is 16.9 Å². The summed E-state index contributed by atoms with van der Waals surface area (Å²) >= 11 is 0. The highest BCUT2D eigenvalue weighted by molar-refractivity contribution is 6.35. The highest BCUT2D eigenvalue weighted by atomic mass is 16.3. The van der Waals surface area contributed by atoms with Crippen molar-refractivity contribution in [2.75, 3.05) is 10.2 Å². The zero-order chi connectivity index (χ0) is 19.0. The number of carbonyl (C=O) groups is 1. The molecule has 2 N–H and O–H groups in total. The molecule has 0 saturated carbocycles. The lowest BCUT2D eigenvalue weighted by Gasteiger charge is -2.18. The average molecular weight is 355 g/mol. The molecule has 4 heteroatoms. The molecule has 4 nitrogen and oxygen atoms in total. The molecule has 133 valence electrons. The van der Waals surface area contributed by atoms with Gasteiger partial charge in [-0.05, 0) is 49.2 Å². The van der Waals surface area contributed by atoms with Crippen molar-refractivity contribution in [3.8, 4) is 5.75 Å². The molecule has 0 spiro atoms. The third-order valence-electron chi connectivity index (χ3n) is 4.53. The number of hydrogen-bond donors (Lipinski definition) is 2. The van der Waals surface area contributed by atoms with Crippen molar-refractivity contribution in [2.24, 2.45) is 0 Å². The summed E-state index contributed by atoms with van der Waals surface area (Å²) in [4.78, 5) is 15.0. The van der Waals surface area contributed by atoms with Gasteiger partial charge in [-0.15, -0.1) is 0 Å². The summed E-state index contributed by atoms with van der Waals surface area (Å²) in [5.74, 6) is -0.0247. The van der Waals surface area contributed by atoms with Crippen LogP contribution >= 0.6 is 0 Å². The van der Waals surface area contributed by atoms with Gasteiger partial charge in [-0.1, -0.05) is 36.4 Å². The van der Waals surface area contributed by atoms with E-state index in [1.54, 1.807) is 29.3 Å². The molecular formula is C23H19N2O2. The highest BCUT2D eigenvalue weighted by Gasteiger charge is 2.33. The maximum Gasteiger partial charge on any atom is 0.265 e. The molecule has 1 radical (unpaired) electrons. The number of aryl methyl sites for hydroxylation is 2. The Morgan fingerprint density at radius 2 is 1.78 bits per heavy atom. The van der Waals surface area contributed by atoms with Crippen molar-refractivity contribution in [1.29, 1.82) is 0 Å². The van der Waals surface area contributed by atoms with Gasteiger partial charge in [0, 0.05) is 23.5 Å².